The third-order valence-electron chi connectivity index (χ3n) is 20.0. The van der Waals surface area contributed by atoms with Crippen molar-refractivity contribution in [3.8, 4) is 17.6 Å². The second kappa shape index (κ2) is 28.5. The molecule has 1 spiro atoms. The van der Waals surface area contributed by atoms with E-state index in [1.54, 1.807) is 24.3 Å². The van der Waals surface area contributed by atoms with E-state index in [-0.39, 0.29) is 56.3 Å². The average Bonchev–Trinajstić information content (AvgIpc) is 1.75. The van der Waals surface area contributed by atoms with Crippen molar-refractivity contribution in [3.63, 3.8) is 0 Å². The van der Waals surface area contributed by atoms with Gasteiger partial charge in [0.05, 0.1) is 30.5 Å². The zero-order valence-electron chi connectivity index (χ0n) is 50.2. The summed E-state index contributed by atoms with van der Waals surface area (Å²) in [6.07, 6.45) is 15.3. The molecular weight excluding hydrogens is 1070 g/mol. The van der Waals surface area contributed by atoms with E-state index < -0.39 is 71.1 Å². The number of phenolic OH excluding ortho intramolecular Hbond substituents is 1. The van der Waals surface area contributed by atoms with Crippen molar-refractivity contribution < 1.29 is 39.9 Å². The fraction of sp³-hybridized carbons (Fsp3) is 0.529. The van der Waals surface area contributed by atoms with E-state index >= 15 is 4.79 Å². The molecule has 6 aliphatic rings. The maximum absolute atomic E-state index is 15.3. The van der Waals surface area contributed by atoms with Gasteiger partial charge in [0.1, 0.15) is 24.6 Å². The summed E-state index contributed by atoms with van der Waals surface area (Å²) in [5.41, 5.74) is 24.8. The van der Waals surface area contributed by atoms with Crippen LogP contribution in [0.4, 0.5) is 0 Å². The van der Waals surface area contributed by atoms with Gasteiger partial charge >= 0.3 is 0 Å². The number of carbonyl (C=O) groups excluding carboxylic acids is 2. The van der Waals surface area contributed by atoms with Crippen LogP contribution in [-0.2, 0) is 33.6 Å². The van der Waals surface area contributed by atoms with Crippen molar-refractivity contribution in [3.05, 3.63) is 159 Å². The second-order valence-corrected chi connectivity index (χ2v) is 25.6. The summed E-state index contributed by atoms with van der Waals surface area (Å²) in [6, 6.07) is 19.3. The minimum absolute atomic E-state index is 0.0426. The number of aliphatic hydroxyl groups excluding tert-OH is 3. The van der Waals surface area contributed by atoms with Gasteiger partial charge < -0.3 is 58.1 Å². The number of ether oxygens (including phenoxy) is 1. The monoisotopic (exact) mass is 1160 g/mol. The lowest BCUT2D eigenvalue weighted by molar-refractivity contribution is -0.168. The number of allylic oxidation sites excluding steroid dienone is 5. The first-order valence-corrected chi connectivity index (χ1v) is 31.1. The van der Waals surface area contributed by atoms with E-state index in [4.69, 9.17) is 21.9 Å². The van der Waals surface area contributed by atoms with Crippen LogP contribution >= 0.6 is 0 Å². The maximum atomic E-state index is 15.3. The fourth-order valence-electron chi connectivity index (χ4n) is 15.2. The number of aromatic hydroxyl groups is 1. The smallest absolute Gasteiger partial charge is 0.243 e. The predicted molar refractivity (Wildman–Crippen MR) is 335 cm³/mol. The molecule has 3 aliphatic carbocycles. The highest BCUT2D eigenvalue weighted by Crippen LogP contribution is 2.63. The lowest BCUT2D eigenvalue weighted by Gasteiger charge is -2.56. The number of benzene rings is 3. The van der Waals surface area contributed by atoms with Crippen molar-refractivity contribution in [2.45, 2.75) is 172 Å². The number of fused-ring (bicyclic) bond motifs is 4. The van der Waals surface area contributed by atoms with Gasteiger partial charge in [-0.25, -0.2) is 0 Å². The average molecular weight is 1160 g/mol. The first kappa shape index (κ1) is 63.3. The summed E-state index contributed by atoms with van der Waals surface area (Å²) in [5.74, 6) is 4.61. The largest absolute Gasteiger partial charge is 0.508 e. The van der Waals surface area contributed by atoms with Crippen molar-refractivity contribution in [1.82, 2.24) is 16.0 Å². The van der Waals surface area contributed by atoms with Crippen molar-refractivity contribution in [2.24, 2.45) is 51.3 Å². The van der Waals surface area contributed by atoms with Crippen LogP contribution in [0.3, 0.4) is 0 Å². The Bertz CT molecular complexity index is 3090. The summed E-state index contributed by atoms with van der Waals surface area (Å²) < 4.78 is 6.31. The molecule has 9 rings (SSSR count). The van der Waals surface area contributed by atoms with E-state index in [2.05, 4.69) is 64.5 Å². The van der Waals surface area contributed by atoms with Crippen LogP contribution in [0.1, 0.15) is 156 Å². The van der Waals surface area contributed by atoms with Crippen LogP contribution in [-0.4, -0.2) is 106 Å². The Hall–Kier alpha value is -6.19. The topological polar surface area (TPSA) is 271 Å². The Balaban J connectivity index is 1.08. The molecule has 0 aromatic heterocycles. The molecule has 14 N–H and O–H groups in total. The summed E-state index contributed by atoms with van der Waals surface area (Å²) in [5, 5.41) is 71.6. The van der Waals surface area contributed by atoms with E-state index in [9.17, 15) is 30.3 Å². The van der Waals surface area contributed by atoms with E-state index in [1.165, 1.54) is 37.7 Å². The Morgan fingerprint density at radius 2 is 1.69 bits per heavy atom. The molecule has 0 radical (unpaired) electrons. The predicted octanol–water partition coefficient (Wildman–Crippen LogP) is 7.77. The SMILES string of the molecule is C=C1C=CC=C(C2CCC3(C4CCC(O)Cc5cccc(c5)CC(C(CN=C(N)N)c5ccc(O)cc5)C(O)CNC5C(=O)NC(N)c6cccc(c65)CC(=O)C(C)=C4CCC3(C)O)C2O)COCC#CCC(C)=CCC1NCC1CCCCC1. The molecule has 3 aromatic rings. The molecule has 12 atom stereocenters. The molecular formula is C70H93N7O8. The van der Waals surface area contributed by atoms with Gasteiger partial charge in [-0.3, -0.25) is 19.9 Å². The van der Waals surface area contributed by atoms with Crippen molar-refractivity contribution in [2.75, 3.05) is 32.8 Å². The minimum atomic E-state index is -1.37. The summed E-state index contributed by atoms with van der Waals surface area (Å²) in [6.45, 7) is 11.8. The van der Waals surface area contributed by atoms with E-state index in [1.807, 2.05) is 62.4 Å². The minimum Gasteiger partial charge on any atom is -0.508 e. The molecule has 456 valence electrons. The maximum Gasteiger partial charge on any atom is 0.243 e. The van der Waals surface area contributed by atoms with Crippen LogP contribution in [0.2, 0.25) is 0 Å². The normalized spacial score (nSPS) is 30.9. The van der Waals surface area contributed by atoms with Gasteiger partial charge in [-0.2, -0.15) is 0 Å². The zero-order chi connectivity index (χ0) is 60.4. The molecule has 0 saturated heterocycles. The zero-order valence-corrected chi connectivity index (χ0v) is 50.2. The number of phenols is 1. The number of nitrogens with one attached hydrogen (secondary N) is 3. The van der Waals surface area contributed by atoms with Crippen LogP contribution in [0.25, 0.3) is 0 Å². The molecule has 1 amide bonds. The number of guanidine groups is 1. The number of β-amino-alcohol motifs (C(OH)–C–C–N with tert-alkyl or cyclic N) is 1. The van der Waals surface area contributed by atoms with Crippen molar-refractivity contribution in [1.29, 1.82) is 0 Å². The number of nitrogens with two attached hydrogens (primary N) is 3. The number of hydrogen-bond acceptors (Lipinski definition) is 12. The lowest BCUT2D eigenvalue weighted by atomic mass is 9.52. The number of aliphatic hydroxyl groups is 4. The van der Waals surface area contributed by atoms with Gasteiger partial charge in [-0.1, -0.05) is 128 Å². The van der Waals surface area contributed by atoms with Gasteiger partial charge in [0, 0.05) is 49.2 Å². The molecule has 85 heavy (non-hydrogen) atoms. The number of hydrogen-bond donors (Lipinski definition) is 11. The van der Waals surface area contributed by atoms with Crippen LogP contribution < -0.4 is 33.2 Å². The highest BCUT2D eigenvalue weighted by Gasteiger charge is 2.64. The van der Waals surface area contributed by atoms with Gasteiger partial charge in [-0.05, 0) is 178 Å². The molecule has 3 saturated carbocycles. The molecule has 3 aromatic carbocycles. The summed E-state index contributed by atoms with van der Waals surface area (Å²) >= 11 is 0. The standard InChI is InChI=1S/C70H93N7O8/c1-43-13-8-9-34-85-42-51(20-10-14-44(2)60(29-22-43)74-39-46-15-6-5-7-16-46)55-31-33-70(65(55)82)59-28-27-53(79)36-47-17-11-18-48(35-47)37-57(58(40-76-68(72)73)49-23-25-52(78)26-24-49)62(81)41-75-64-63-50(19-12-21-56(63)66(71)77-67(64)83)38-61(80)45(3)54(59)30-32-69(70,4)84/h10-12,14,17-26,35,46,53,55,57-60,62,64-66,74-75,78-79,81-82,84H,2,5-7,13,15-16,27-34,36-42,71H2,1,3-4H3,(H,77,83)(H4,72,73,76). The fourth-order valence-corrected chi connectivity index (χ4v) is 15.2. The quantitative estimate of drug-likeness (QED) is 0.0446. The molecule has 15 heteroatoms. The Morgan fingerprint density at radius 3 is 2.46 bits per heavy atom. The Kier molecular flexibility index (Phi) is 21.3. The highest BCUT2D eigenvalue weighted by atomic mass is 16.5. The number of carbonyl (C=O) groups is 2. The highest BCUT2D eigenvalue weighted by molar-refractivity contribution is 5.98. The number of aliphatic imine (C=N–C) groups is 1. The summed E-state index contributed by atoms with van der Waals surface area (Å²) in [7, 11) is 0. The third kappa shape index (κ3) is 15.0. The van der Waals surface area contributed by atoms with E-state index in [0.29, 0.717) is 86.0 Å². The van der Waals surface area contributed by atoms with Crippen molar-refractivity contribution >= 4 is 17.6 Å². The summed E-state index contributed by atoms with van der Waals surface area (Å²) in [4.78, 5) is 33.9. The number of Topliss-reactive ketones (excluding diaryl/α,β-unsaturated/α-hetero) is 1. The van der Waals surface area contributed by atoms with Gasteiger partial charge in [0.25, 0.3) is 0 Å². The number of ketones is 1. The molecule has 3 aliphatic heterocycles. The lowest BCUT2D eigenvalue weighted by Crippen LogP contribution is -2.59. The van der Waals surface area contributed by atoms with Gasteiger partial charge in [0.2, 0.25) is 5.91 Å². The number of amides is 1. The van der Waals surface area contributed by atoms with Crippen LogP contribution in [0, 0.1) is 40.9 Å². The van der Waals surface area contributed by atoms with E-state index in [0.717, 1.165) is 46.4 Å². The molecule has 3 fully saturated rings. The van der Waals surface area contributed by atoms with Crippen LogP contribution in [0.15, 0.2) is 130 Å². The first-order chi connectivity index (χ1) is 40.8. The van der Waals surface area contributed by atoms with Crippen LogP contribution in [0.5, 0.6) is 5.75 Å². The number of nitrogens with zero attached hydrogens (tertiary/aromatic N) is 1. The molecule has 2 bridgehead atoms. The molecule has 12 unspecified atom stereocenters. The molecule has 3 heterocycles. The Morgan fingerprint density at radius 1 is 0.941 bits per heavy atom. The molecule has 15 nitrogen and oxygen atoms in total. The first-order valence-electron chi connectivity index (χ1n) is 31.1. The van der Waals surface area contributed by atoms with Gasteiger partial charge in [0.15, 0.2) is 11.7 Å². The van der Waals surface area contributed by atoms with Gasteiger partial charge in [-0.15, -0.1) is 0 Å². The third-order valence-corrected chi connectivity index (χ3v) is 20.0. The second-order valence-electron chi connectivity index (χ2n) is 25.6. The number of rotatable bonds is 8. The Labute approximate surface area is 503 Å².